The molecule has 0 aliphatic carbocycles. The summed E-state index contributed by atoms with van der Waals surface area (Å²) in [7, 11) is 1.51. The quantitative estimate of drug-likeness (QED) is 0.351. The number of anilines is 1. The van der Waals surface area contributed by atoms with Crippen LogP contribution in [0.25, 0.3) is 10.8 Å². The highest BCUT2D eigenvalue weighted by atomic mass is 16.5. The van der Waals surface area contributed by atoms with Gasteiger partial charge in [-0.15, -0.1) is 5.11 Å². The lowest BCUT2D eigenvalue weighted by Gasteiger charge is -2.13. The van der Waals surface area contributed by atoms with E-state index in [0.717, 1.165) is 0 Å². The van der Waals surface area contributed by atoms with Gasteiger partial charge in [-0.3, -0.25) is 9.59 Å². The van der Waals surface area contributed by atoms with E-state index in [9.17, 15) is 14.7 Å². The minimum Gasteiger partial charge on any atom is -0.505 e. The van der Waals surface area contributed by atoms with Crippen LogP contribution in [0.3, 0.4) is 0 Å². The van der Waals surface area contributed by atoms with Crippen molar-refractivity contribution in [3.05, 3.63) is 90.0 Å². The third-order valence-electron chi connectivity index (χ3n) is 5.01. The van der Waals surface area contributed by atoms with Gasteiger partial charge in [0.2, 0.25) is 5.91 Å². The van der Waals surface area contributed by atoms with Crippen LogP contribution >= 0.6 is 0 Å². The number of phenols is 1. The molecule has 4 rings (SSSR count). The number of carbonyl (C=O) groups is 2. The smallest absolute Gasteiger partial charge is 0.259 e. The fourth-order valence-corrected chi connectivity index (χ4v) is 3.33. The van der Waals surface area contributed by atoms with E-state index in [1.807, 2.05) is 12.1 Å². The van der Waals surface area contributed by atoms with Crippen molar-refractivity contribution < 1.29 is 19.4 Å². The molecule has 2 amide bonds. The first kappa shape index (κ1) is 21.5. The predicted octanol–water partition coefficient (Wildman–Crippen LogP) is 5.32. The summed E-state index contributed by atoms with van der Waals surface area (Å²) in [5.41, 5.74) is 6.71. The van der Waals surface area contributed by atoms with E-state index in [0.29, 0.717) is 33.5 Å². The van der Waals surface area contributed by atoms with Crippen LogP contribution in [-0.2, 0) is 0 Å². The Morgan fingerprint density at radius 2 is 1.64 bits per heavy atom. The summed E-state index contributed by atoms with van der Waals surface area (Å²) in [5, 5.41) is 23.4. The molecule has 0 heterocycles. The zero-order valence-corrected chi connectivity index (χ0v) is 17.6. The highest BCUT2D eigenvalue weighted by molar-refractivity contribution is 6.12. The molecule has 33 heavy (non-hydrogen) atoms. The van der Waals surface area contributed by atoms with Crippen molar-refractivity contribution in [2.24, 2.45) is 16.0 Å². The van der Waals surface area contributed by atoms with Gasteiger partial charge in [-0.05, 0) is 47.9 Å². The standard InChI is InChI=1S/C25H20N4O4/c1-33-21-9-5-4-8-20(21)27-25(32)19-14-16-6-2-3-7-18(16)22(23(19)30)29-28-17-12-10-15(11-13-17)24(26)31/h2-14,30H,1H3,(H2,26,31)(H,27,32). The van der Waals surface area contributed by atoms with Gasteiger partial charge in [-0.1, -0.05) is 36.4 Å². The van der Waals surface area contributed by atoms with Gasteiger partial charge >= 0.3 is 0 Å². The first-order chi connectivity index (χ1) is 16.0. The number of primary amides is 1. The van der Waals surface area contributed by atoms with E-state index in [2.05, 4.69) is 15.5 Å². The molecule has 0 aliphatic heterocycles. The average molecular weight is 440 g/mol. The molecule has 8 nitrogen and oxygen atoms in total. The number of azo groups is 1. The van der Waals surface area contributed by atoms with Gasteiger partial charge in [0, 0.05) is 10.9 Å². The van der Waals surface area contributed by atoms with Crippen molar-refractivity contribution >= 4 is 39.6 Å². The van der Waals surface area contributed by atoms with Gasteiger partial charge in [-0.25, -0.2) is 0 Å². The maximum Gasteiger partial charge on any atom is 0.259 e. The summed E-state index contributed by atoms with van der Waals surface area (Å²) >= 11 is 0. The lowest BCUT2D eigenvalue weighted by molar-refractivity contribution is 0.0997. The van der Waals surface area contributed by atoms with E-state index >= 15 is 0 Å². The molecule has 4 aromatic carbocycles. The molecule has 0 unspecified atom stereocenters. The third-order valence-corrected chi connectivity index (χ3v) is 5.01. The SMILES string of the molecule is COc1ccccc1NC(=O)c1cc2ccccc2c(N=Nc2ccc(C(N)=O)cc2)c1O. The number of phenolic OH excluding ortho intramolecular Hbond substituents is 1. The Balaban J connectivity index is 1.74. The summed E-state index contributed by atoms with van der Waals surface area (Å²) in [5.74, 6) is -0.884. The second-order valence-electron chi connectivity index (χ2n) is 7.11. The number of hydrogen-bond donors (Lipinski definition) is 3. The number of carbonyl (C=O) groups excluding carboxylic acids is 2. The monoisotopic (exact) mass is 440 g/mol. The molecule has 0 saturated carbocycles. The van der Waals surface area contributed by atoms with Crippen LogP contribution in [0, 0.1) is 0 Å². The molecule has 4 aromatic rings. The maximum atomic E-state index is 13.0. The number of hydrogen-bond acceptors (Lipinski definition) is 6. The Morgan fingerprint density at radius 3 is 2.36 bits per heavy atom. The molecular weight excluding hydrogens is 420 g/mol. The van der Waals surface area contributed by atoms with Gasteiger partial charge in [0.25, 0.3) is 5.91 Å². The van der Waals surface area contributed by atoms with Crippen molar-refractivity contribution in [3.8, 4) is 11.5 Å². The van der Waals surface area contributed by atoms with Crippen molar-refractivity contribution in [3.63, 3.8) is 0 Å². The summed E-state index contributed by atoms with van der Waals surface area (Å²) < 4.78 is 5.28. The summed E-state index contributed by atoms with van der Waals surface area (Å²) in [6.07, 6.45) is 0. The van der Waals surface area contributed by atoms with Gasteiger partial charge < -0.3 is 20.9 Å². The number of aromatic hydroxyl groups is 1. The number of nitrogens with zero attached hydrogens (tertiary/aromatic N) is 2. The number of para-hydroxylation sites is 2. The van der Waals surface area contributed by atoms with E-state index in [1.165, 1.54) is 19.2 Å². The zero-order valence-electron chi connectivity index (χ0n) is 17.6. The molecule has 0 atom stereocenters. The predicted molar refractivity (Wildman–Crippen MR) is 126 cm³/mol. The molecular formula is C25H20N4O4. The highest BCUT2D eigenvalue weighted by Crippen LogP contribution is 2.40. The Hall–Kier alpha value is -4.72. The minimum absolute atomic E-state index is 0.0395. The normalized spacial score (nSPS) is 10.9. The van der Waals surface area contributed by atoms with Crippen LogP contribution in [0.1, 0.15) is 20.7 Å². The molecule has 4 N–H and O–H groups in total. The van der Waals surface area contributed by atoms with Gasteiger partial charge in [-0.2, -0.15) is 5.11 Å². The maximum absolute atomic E-state index is 13.0. The van der Waals surface area contributed by atoms with Crippen LogP contribution in [0.2, 0.25) is 0 Å². The summed E-state index contributed by atoms with van der Waals surface area (Å²) in [6, 6.07) is 22.0. The van der Waals surface area contributed by atoms with E-state index in [-0.39, 0.29) is 17.0 Å². The zero-order chi connectivity index (χ0) is 23.4. The van der Waals surface area contributed by atoms with E-state index in [4.69, 9.17) is 10.5 Å². The molecule has 0 fully saturated rings. The van der Waals surface area contributed by atoms with Crippen molar-refractivity contribution in [1.82, 2.24) is 0 Å². The number of nitrogens with one attached hydrogen (secondary N) is 1. The molecule has 0 aliphatic rings. The number of rotatable bonds is 6. The van der Waals surface area contributed by atoms with E-state index in [1.54, 1.807) is 54.6 Å². The molecule has 0 bridgehead atoms. The van der Waals surface area contributed by atoms with E-state index < -0.39 is 11.8 Å². The molecule has 0 aromatic heterocycles. The number of ether oxygens (including phenoxy) is 1. The fraction of sp³-hybridized carbons (Fsp3) is 0.0400. The summed E-state index contributed by atoms with van der Waals surface area (Å²) in [6.45, 7) is 0. The van der Waals surface area contributed by atoms with Crippen molar-refractivity contribution in [2.45, 2.75) is 0 Å². The largest absolute Gasteiger partial charge is 0.505 e. The van der Waals surface area contributed by atoms with Crippen LogP contribution in [0.15, 0.2) is 89.1 Å². The number of amides is 2. The topological polar surface area (TPSA) is 126 Å². The minimum atomic E-state index is -0.545. The molecule has 0 saturated heterocycles. The Bertz CT molecular complexity index is 1380. The fourth-order valence-electron chi connectivity index (χ4n) is 3.33. The van der Waals surface area contributed by atoms with Crippen LogP contribution in [-0.4, -0.2) is 24.0 Å². The summed E-state index contributed by atoms with van der Waals surface area (Å²) in [4.78, 5) is 24.3. The van der Waals surface area contributed by atoms with Crippen molar-refractivity contribution in [1.29, 1.82) is 0 Å². The lowest BCUT2D eigenvalue weighted by Crippen LogP contribution is -2.13. The molecule has 0 radical (unpaired) electrons. The van der Waals surface area contributed by atoms with Gasteiger partial charge in [0.1, 0.15) is 11.4 Å². The number of nitrogens with two attached hydrogens (primary N) is 1. The second kappa shape index (κ2) is 9.19. The first-order valence-electron chi connectivity index (χ1n) is 9.98. The molecule has 164 valence electrons. The number of benzene rings is 4. The lowest BCUT2D eigenvalue weighted by atomic mass is 10.0. The van der Waals surface area contributed by atoms with Crippen LogP contribution in [0.5, 0.6) is 11.5 Å². The first-order valence-corrected chi connectivity index (χ1v) is 9.98. The van der Waals surface area contributed by atoms with Gasteiger partial charge in [0.05, 0.1) is 24.0 Å². The average Bonchev–Trinajstić information content (AvgIpc) is 2.83. The van der Waals surface area contributed by atoms with Crippen molar-refractivity contribution in [2.75, 3.05) is 12.4 Å². The second-order valence-corrected chi connectivity index (χ2v) is 7.11. The highest BCUT2D eigenvalue weighted by Gasteiger charge is 2.19. The molecule has 8 heteroatoms. The Labute approximate surface area is 189 Å². The third kappa shape index (κ3) is 4.49. The van der Waals surface area contributed by atoms with Crippen LogP contribution < -0.4 is 15.8 Å². The van der Waals surface area contributed by atoms with Crippen LogP contribution in [0.4, 0.5) is 17.1 Å². The Kier molecular flexibility index (Phi) is 5.99. The van der Waals surface area contributed by atoms with Gasteiger partial charge in [0.15, 0.2) is 5.75 Å². The number of methoxy groups -OCH3 is 1. The molecule has 0 spiro atoms. The Morgan fingerprint density at radius 1 is 0.939 bits per heavy atom. The number of fused-ring (bicyclic) bond motifs is 1.